The summed E-state index contributed by atoms with van der Waals surface area (Å²) in [6.45, 7) is 0.907. The smallest absolute Gasteiger partial charge is 0.303 e. The van der Waals surface area contributed by atoms with Crippen LogP contribution in [0.15, 0.2) is 23.3 Å². The third-order valence-electron chi connectivity index (χ3n) is 3.09. The fraction of sp³-hybridized carbons (Fsp3) is 0.417. The molecule has 6 heteroatoms. The molecule has 6 nitrogen and oxygen atoms in total. The molecule has 1 amide bonds. The third-order valence-corrected chi connectivity index (χ3v) is 3.09. The van der Waals surface area contributed by atoms with Gasteiger partial charge in [-0.3, -0.25) is 14.4 Å². The summed E-state index contributed by atoms with van der Waals surface area (Å²) in [5, 5.41) is 8.70. The number of hydrogen-bond acceptors (Lipinski definition) is 3. The number of aromatic amines is 1. The lowest BCUT2D eigenvalue weighted by atomic mass is 10.1. The fourth-order valence-corrected chi connectivity index (χ4v) is 2.18. The molecule has 1 atom stereocenters. The predicted molar refractivity (Wildman–Crippen MR) is 63.3 cm³/mol. The SMILES string of the molecule is O=C(O)CC1CCN(C(=O)c2c[nH]ccc2=O)C1. The van der Waals surface area contributed by atoms with Crippen molar-refractivity contribution in [2.24, 2.45) is 5.92 Å². The summed E-state index contributed by atoms with van der Waals surface area (Å²) in [6.07, 6.45) is 3.59. The Hall–Kier alpha value is -2.11. The molecule has 0 bridgehead atoms. The summed E-state index contributed by atoms with van der Waals surface area (Å²) >= 11 is 0. The number of nitrogens with one attached hydrogen (secondary N) is 1. The minimum absolute atomic E-state index is 0.0192. The van der Waals surface area contributed by atoms with E-state index < -0.39 is 5.97 Å². The molecule has 1 fully saturated rings. The number of nitrogens with zero attached hydrogens (tertiary/aromatic N) is 1. The molecule has 1 saturated heterocycles. The number of hydrogen-bond donors (Lipinski definition) is 2. The molecule has 18 heavy (non-hydrogen) atoms. The number of H-pyrrole nitrogens is 1. The Bertz CT molecular complexity index is 523. The maximum Gasteiger partial charge on any atom is 0.303 e. The number of aromatic nitrogens is 1. The second kappa shape index (κ2) is 5.03. The van der Waals surface area contributed by atoms with Crippen LogP contribution in [-0.2, 0) is 4.79 Å². The minimum Gasteiger partial charge on any atom is -0.481 e. The number of carboxylic acid groups (broad SMARTS) is 1. The van der Waals surface area contributed by atoms with Gasteiger partial charge in [-0.15, -0.1) is 0 Å². The molecule has 96 valence electrons. The van der Waals surface area contributed by atoms with Crippen molar-refractivity contribution < 1.29 is 14.7 Å². The summed E-state index contributed by atoms with van der Waals surface area (Å²) in [6, 6.07) is 1.30. The molecule has 0 saturated carbocycles. The minimum atomic E-state index is -0.855. The predicted octanol–water partition coefficient (Wildman–Crippen LogP) is 0.312. The molecule has 1 aliphatic rings. The highest BCUT2D eigenvalue weighted by Gasteiger charge is 2.29. The van der Waals surface area contributed by atoms with Crippen LogP contribution in [0.1, 0.15) is 23.2 Å². The highest BCUT2D eigenvalue weighted by molar-refractivity contribution is 5.94. The first-order chi connectivity index (χ1) is 8.58. The van der Waals surface area contributed by atoms with Gasteiger partial charge in [0.2, 0.25) is 0 Å². The van der Waals surface area contributed by atoms with Crippen molar-refractivity contribution >= 4 is 11.9 Å². The monoisotopic (exact) mass is 250 g/mol. The molecule has 2 heterocycles. The van der Waals surface area contributed by atoms with Crippen LogP contribution in [0.2, 0.25) is 0 Å². The van der Waals surface area contributed by atoms with Crippen molar-refractivity contribution in [3.05, 3.63) is 34.2 Å². The highest BCUT2D eigenvalue weighted by Crippen LogP contribution is 2.20. The Balaban J connectivity index is 2.06. The number of amides is 1. The number of likely N-dealkylation sites (tertiary alicyclic amines) is 1. The van der Waals surface area contributed by atoms with E-state index >= 15 is 0 Å². The average Bonchev–Trinajstić information content (AvgIpc) is 2.76. The van der Waals surface area contributed by atoms with E-state index in [1.165, 1.54) is 23.4 Å². The number of aliphatic carboxylic acids is 1. The molecule has 0 radical (unpaired) electrons. The van der Waals surface area contributed by atoms with Crippen molar-refractivity contribution in [2.45, 2.75) is 12.8 Å². The van der Waals surface area contributed by atoms with E-state index in [9.17, 15) is 14.4 Å². The van der Waals surface area contributed by atoms with Crippen LogP contribution in [0.4, 0.5) is 0 Å². The van der Waals surface area contributed by atoms with E-state index in [-0.39, 0.29) is 29.2 Å². The van der Waals surface area contributed by atoms with Crippen molar-refractivity contribution in [3.63, 3.8) is 0 Å². The molecule has 0 aromatic carbocycles. The van der Waals surface area contributed by atoms with Crippen molar-refractivity contribution in [3.8, 4) is 0 Å². The summed E-state index contributed by atoms with van der Waals surface area (Å²) in [7, 11) is 0. The second-order valence-corrected chi connectivity index (χ2v) is 4.43. The summed E-state index contributed by atoms with van der Waals surface area (Å²) in [5.41, 5.74) is -0.214. The number of pyridine rings is 1. The average molecular weight is 250 g/mol. The van der Waals surface area contributed by atoms with E-state index in [2.05, 4.69) is 4.98 Å². The van der Waals surface area contributed by atoms with E-state index in [4.69, 9.17) is 5.11 Å². The van der Waals surface area contributed by atoms with Crippen LogP contribution in [0.3, 0.4) is 0 Å². The summed E-state index contributed by atoms with van der Waals surface area (Å²) in [4.78, 5) is 38.4. The van der Waals surface area contributed by atoms with E-state index in [0.717, 1.165) is 0 Å². The maximum atomic E-state index is 12.1. The zero-order valence-electron chi connectivity index (χ0n) is 9.76. The lowest BCUT2D eigenvalue weighted by Crippen LogP contribution is -2.32. The van der Waals surface area contributed by atoms with Crippen LogP contribution >= 0.6 is 0 Å². The van der Waals surface area contributed by atoms with Gasteiger partial charge in [-0.1, -0.05) is 0 Å². The van der Waals surface area contributed by atoms with Gasteiger partial charge in [0.15, 0.2) is 5.43 Å². The van der Waals surface area contributed by atoms with Crippen LogP contribution < -0.4 is 5.43 Å². The number of carbonyl (C=O) groups excluding carboxylic acids is 1. The van der Waals surface area contributed by atoms with Gasteiger partial charge in [-0.2, -0.15) is 0 Å². The molecule has 1 aliphatic heterocycles. The largest absolute Gasteiger partial charge is 0.481 e. The van der Waals surface area contributed by atoms with Gasteiger partial charge in [0.1, 0.15) is 5.56 Å². The Morgan fingerprint density at radius 1 is 1.50 bits per heavy atom. The van der Waals surface area contributed by atoms with Gasteiger partial charge in [-0.25, -0.2) is 0 Å². The Morgan fingerprint density at radius 3 is 2.94 bits per heavy atom. The zero-order chi connectivity index (χ0) is 13.1. The van der Waals surface area contributed by atoms with Crippen LogP contribution in [-0.4, -0.2) is 40.0 Å². The first kappa shape index (κ1) is 12.3. The van der Waals surface area contributed by atoms with Crippen molar-refractivity contribution in [2.75, 3.05) is 13.1 Å². The van der Waals surface area contributed by atoms with Crippen molar-refractivity contribution in [1.29, 1.82) is 0 Å². The topological polar surface area (TPSA) is 90.5 Å². The van der Waals surface area contributed by atoms with E-state index in [0.29, 0.717) is 19.5 Å². The summed E-state index contributed by atoms with van der Waals surface area (Å²) < 4.78 is 0. The Morgan fingerprint density at radius 2 is 2.28 bits per heavy atom. The van der Waals surface area contributed by atoms with E-state index in [1.807, 2.05) is 0 Å². The van der Waals surface area contributed by atoms with Gasteiger partial charge in [-0.05, 0) is 12.3 Å². The van der Waals surface area contributed by atoms with Crippen molar-refractivity contribution in [1.82, 2.24) is 9.88 Å². The molecule has 0 spiro atoms. The molecular weight excluding hydrogens is 236 g/mol. The number of carboxylic acids is 1. The summed E-state index contributed by atoms with van der Waals surface area (Å²) in [5.74, 6) is -1.20. The van der Waals surface area contributed by atoms with Crippen LogP contribution in [0.5, 0.6) is 0 Å². The molecule has 1 unspecified atom stereocenters. The van der Waals surface area contributed by atoms with Gasteiger partial charge in [0.05, 0.1) is 0 Å². The van der Waals surface area contributed by atoms with Crippen LogP contribution in [0.25, 0.3) is 0 Å². The lowest BCUT2D eigenvalue weighted by molar-refractivity contribution is -0.138. The molecule has 2 rings (SSSR count). The van der Waals surface area contributed by atoms with Gasteiger partial charge >= 0.3 is 5.97 Å². The number of carbonyl (C=O) groups is 2. The zero-order valence-corrected chi connectivity index (χ0v) is 9.76. The number of rotatable bonds is 3. The third kappa shape index (κ3) is 2.58. The first-order valence-corrected chi connectivity index (χ1v) is 5.76. The van der Waals surface area contributed by atoms with Crippen LogP contribution in [0, 0.1) is 5.92 Å². The van der Waals surface area contributed by atoms with Gasteiger partial charge in [0.25, 0.3) is 5.91 Å². The Kier molecular flexibility index (Phi) is 3.45. The molecule has 1 aromatic rings. The normalized spacial score (nSPS) is 18.9. The standard InChI is InChI=1S/C12H14N2O4/c15-10-1-3-13-6-9(10)12(18)14-4-2-8(7-14)5-11(16)17/h1,3,6,8H,2,4-5,7H2,(H,13,15)(H,16,17). The first-order valence-electron chi connectivity index (χ1n) is 5.76. The Labute approximate surface area is 103 Å². The molecule has 2 N–H and O–H groups in total. The molecule has 0 aliphatic carbocycles. The fourth-order valence-electron chi connectivity index (χ4n) is 2.18. The van der Waals surface area contributed by atoms with E-state index in [1.54, 1.807) is 0 Å². The van der Waals surface area contributed by atoms with Gasteiger partial charge < -0.3 is 15.0 Å². The molecular formula is C12H14N2O4. The quantitative estimate of drug-likeness (QED) is 0.807. The maximum absolute atomic E-state index is 12.1. The second-order valence-electron chi connectivity index (χ2n) is 4.43. The van der Waals surface area contributed by atoms with Gasteiger partial charge in [0, 0.05) is 38.0 Å². The lowest BCUT2D eigenvalue weighted by Gasteiger charge is -2.15. The molecule has 1 aromatic heterocycles. The highest BCUT2D eigenvalue weighted by atomic mass is 16.4.